The van der Waals surface area contributed by atoms with Gasteiger partial charge in [0, 0.05) is 43.4 Å². The van der Waals surface area contributed by atoms with Crippen LogP contribution in [0.25, 0.3) is 65.2 Å². The Morgan fingerprint density at radius 2 is 0.853 bits per heavy atom. The summed E-state index contributed by atoms with van der Waals surface area (Å²) in [6.07, 6.45) is 0. The van der Waals surface area contributed by atoms with E-state index in [0.29, 0.717) is 65.2 Å². The first-order valence-electron chi connectivity index (χ1n) is 10.8. The van der Waals surface area contributed by atoms with Crippen molar-refractivity contribution in [2.45, 2.75) is 0 Å². The molecule has 2 aromatic heterocycles. The number of rotatable bonds is 0. The van der Waals surface area contributed by atoms with Crippen LogP contribution in [0, 0.1) is 0 Å². The van der Waals surface area contributed by atoms with E-state index in [-0.39, 0.29) is 22.4 Å². The van der Waals surface area contributed by atoms with Crippen LogP contribution in [0.15, 0.2) is 82.4 Å². The van der Waals surface area contributed by atoms with E-state index in [0.717, 1.165) is 0 Å². The van der Waals surface area contributed by atoms with Crippen LogP contribution in [0.2, 0.25) is 0 Å². The molecule has 0 atom stereocenters. The third-order valence-corrected chi connectivity index (χ3v) is 6.75. The Morgan fingerprint density at radius 1 is 0.471 bits per heavy atom. The maximum absolute atomic E-state index is 13.1. The quantitative estimate of drug-likeness (QED) is 0.143. The lowest BCUT2D eigenvalue weighted by molar-refractivity contribution is 0.479. The second-order valence-corrected chi connectivity index (χ2v) is 8.52. The normalized spacial score (nSPS) is 12.0. The third-order valence-electron chi connectivity index (χ3n) is 6.75. The van der Waals surface area contributed by atoms with Crippen LogP contribution in [0.3, 0.4) is 0 Å². The van der Waals surface area contributed by atoms with E-state index in [1.54, 1.807) is 60.7 Å². The number of nitrogens with one attached hydrogen (secondary N) is 2. The number of aromatic hydroxyl groups is 2. The van der Waals surface area contributed by atoms with Crippen LogP contribution in [-0.4, -0.2) is 20.2 Å². The molecule has 0 radical (unpaired) electrons. The zero-order chi connectivity index (χ0) is 23.1. The highest BCUT2D eigenvalue weighted by molar-refractivity contribution is 6.24. The number of H-pyrrole nitrogens is 2. The maximum atomic E-state index is 13.1. The van der Waals surface area contributed by atoms with E-state index in [4.69, 9.17) is 0 Å². The van der Waals surface area contributed by atoms with Gasteiger partial charge in [-0.25, -0.2) is 0 Å². The molecule has 162 valence electrons. The summed E-state index contributed by atoms with van der Waals surface area (Å²) in [4.78, 5) is 32.8. The number of para-hydroxylation sites is 2. The van der Waals surface area contributed by atoms with Gasteiger partial charge >= 0.3 is 0 Å². The van der Waals surface area contributed by atoms with E-state index in [2.05, 4.69) is 9.97 Å². The van der Waals surface area contributed by atoms with Crippen molar-refractivity contribution in [3.05, 3.63) is 93.2 Å². The summed E-state index contributed by atoms with van der Waals surface area (Å²) in [5.74, 6) is -0.148. The highest BCUT2D eigenvalue weighted by Crippen LogP contribution is 2.45. The topological polar surface area (TPSA) is 106 Å². The first kappa shape index (κ1) is 18.7. The Kier molecular flexibility index (Phi) is 3.50. The molecule has 0 aliphatic heterocycles. The van der Waals surface area contributed by atoms with Gasteiger partial charge in [0.15, 0.2) is 10.9 Å². The molecule has 0 fully saturated rings. The number of benzene rings is 5. The molecule has 5 aromatic carbocycles. The predicted molar refractivity (Wildman–Crippen MR) is 136 cm³/mol. The van der Waals surface area contributed by atoms with Gasteiger partial charge in [-0.2, -0.15) is 0 Å². The molecular formula is C28H16N2O4. The molecule has 4 N–H and O–H groups in total. The lowest BCUT2D eigenvalue weighted by atomic mass is 9.95. The van der Waals surface area contributed by atoms with Crippen LogP contribution in [0.5, 0.6) is 11.5 Å². The largest absolute Gasteiger partial charge is 0.507 e. The summed E-state index contributed by atoms with van der Waals surface area (Å²) in [6.45, 7) is 0. The average Bonchev–Trinajstić information content (AvgIpc) is 2.86. The molecule has 0 spiro atoms. The van der Waals surface area contributed by atoms with Crippen molar-refractivity contribution in [2.24, 2.45) is 0 Å². The van der Waals surface area contributed by atoms with Crippen molar-refractivity contribution < 1.29 is 10.2 Å². The van der Waals surface area contributed by atoms with Gasteiger partial charge in [-0.3, -0.25) is 9.59 Å². The number of pyridine rings is 2. The van der Waals surface area contributed by atoms with Crippen molar-refractivity contribution in [3.63, 3.8) is 0 Å². The van der Waals surface area contributed by atoms with Crippen molar-refractivity contribution in [2.75, 3.05) is 0 Å². The Labute approximate surface area is 190 Å². The van der Waals surface area contributed by atoms with Gasteiger partial charge in [-0.15, -0.1) is 0 Å². The number of fused-ring (bicyclic) bond motifs is 8. The lowest BCUT2D eigenvalue weighted by Gasteiger charge is -2.14. The molecule has 0 saturated heterocycles. The summed E-state index contributed by atoms with van der Waals surface area (Å²) in [5, 5.41) is 26.2. The Balaban J connectivity index is 1.74. The van der Waals surface area contributed by atoms with Crippen molar-refractivity contribution >= 4 is 65.2 Å². The molecule has 6 heteroatoms. The smallest absolute Gasteiger partial charge is 0.197 e. The Hall–Kier alpha value is -4.84. The summed E-state index contributed by atoms with van der Waals surface area (Å²) in [5.41, 5.74) is 1.87. The minimum absolute atomic E-state index is 0.0739. The van der Waals surface area contributed by atoms with E-state index < -0.39 is 0 Å². The highest BCUT2D eigenvalue weighted by Gasteiger charge is 2.20. The minimum Gasteiger partial charge on any atom is -0.507 e. The lowest BCUT2D eigenvalue weighted by Crippen LogP contribution is -2.05. The van der Waals surface area contributed by atoms with Crippen LogP contribution in [0.4, 0.5) is 0 Å². The van der Waals surface area contributed by atoms with Gasteiger partial charge in [0.2, 0.25) is 0 Å². The zero-order valence-corrected chi connectivity index (χ0v) is 17.6. The molecule has 2 heterocycles. The van der Waals surface area contributed by atoms with Crippen LogP contribution in [-0.2, 0) is 0 Å². The third kappa shape index (κ3) is 2.24. The zero-order valence-electron chi connectivity index (χ0n) is 17.6. The molecule has 34 heavy (non-hydrogen) atoms. The number of phenolic OH excluding ortho intramolecular Hbond substituents is 2. The Morgan fingerprint density at radius 3 is 1.29 bits per heavy atom. The fourth-order valence-electron chi connectivity index (χ4n) is 5.14. The molecule has 0 aliphatic rings. The van der Waals surface area contributed by atoms with Gasteiger partial charge in [0.1, 0.15) is 11.5 Å². The van der Waals surface area contributed by atoms with Crippen LogP contribution >= 0.6 is 0 Å². The highest BCUT2D eigenvalue weighted by atomic mass is 16.3. The molecule has 6 nitrogen and oxygen atoms in total. The first-order valence-corrected chi connectivity index (χ1v) is 10.8. The second-order valence-electron chi connectivity index (χ2n) is 8.52. The van der Waals surface area contributed by atoms with Gasteiger partial charge in [-0.1, -0.05) is 24.3 Å². The van der Waals surface area contributed by atoms with E-state index in [9.17, 15) is 19.8 Å². The molecular weight excluding hydrogens is 428 g/mol. The van der Waals surface area contributed by atoms with E-state index >= 15 is 0 Å². The van der Waals surface area contributed by atoms with Gasteiger partial charge in [0.25, 0.3) is 0 Å². The average molecular weight is 444 g/mol. The summed E-state index contributed by atoms with van der Waals surface area (Å²) < 4.78 is 0. The fraction of sp³-hybridized carbons (Fsp3) is 0. The second kappa shape index (κ2) is 6.36. The number of aromatic amines is 2. The Bertz CT molecular complexity index is 1980. The number of hydrogen-bond donors (Lipinski definition) is 4. The standard InChI is InChI=1S/C28H16N2O4/c31-25-13-5-1-3-7-19(13)29-23-17(25)11-9-15-21(23)27(33)16-10-12-18-24(22(16)28(15)34)30-20-8-4-2-6-14(20)26(18)32/h1-12,33-34H,(H,29,31)(H,30,32). The minimum atomic E-state index is -0.153. The van der Waals surface area contributed by atoms with Crippen LogP contribution in [0.1, 0.15) is 0 Å². The molecule has 0 saturated carbocycles. The van der Waals surface area contributed by atoms with Gasteiger partial charge in [0.05, 0.1) is 21.8 Å². The van der Waals surface area contributed by atoms with Crippen molar-refractivity contribution in [1.29, 1.82) is 0 Å². The molecule has 0 aliphatic carbocycles. The van der Waals surface area contributed by atoms with Crippen LogP contribution < -0.4 is 10.9 Å². The first-order chi connectivity index (χ1) is 16.5. The number of hydrogen-bond acceptors (Lipinski definition) is 4. The molecule has 7 rings (SSSR count). The fourth-order valence-corrected chi connectivity index (χ4v) is 5.14. The predicted octanol–water partition coefficient (Wildman–Crippen LogP) is 5.39. The van der Waals surface area contributed by atoms with Gasteiger partial charge < -0.3 is 20.2 Å². The molecule has 0 amide bonds. The summed E-state index contributed by atoms with van der Waals surface area (Å²) in [7, 11) is 0. The van der Waals surface area contributed by atoms with Gasteiger partial charge in [-0.05, 0) is 48.5 Å². The van der Waals surface area contributed by atoms with E-state index in [1.165, 1.54) is 0 Å². The number of aromatic nitrogens is 2. The molecule has 0 unspecified atom stereocenters. The summed E-state index contributed by atoms with van der Waals surface area (Å²) >= 11 is 0. The molecule has 7 aromatic rings. The molecule has 0 bridgehead atoms. The monoisotopic (exact) mass is 444 g/mol. The number of phenols is 2. The SMILES string of the molecule is O=c1c2ccccc2[nH]c2c1ccc1c(O)c3c(ccc4c(=O)c5ccccc5[nH]c43)c(O)c12. The van der Waals surface area contributed by atoms with Crippen molar-refractivity contribution in [1.82, 2.24) is 9.97 Å². The van der Waals surface area contributed by atoms with E-state index in [1.807, 2.05) is 12.1 Å². The maximum Gasteiger partial charge on any atom is 0.197 e. The summed E-state index contributed by atoms with van der Waals surface area (Å²) in [6, 6.07) is 20.9. The van der Waals surface area contributed by atoms with Crippen molar-refractivity contribution in [3.8, 4) is 11.5 Å².